The van der Waals surface area contributed by atoms with Crippen LogP contribution in [0.25, 0.3) is 0 Å². The molecule has 2 aliphatic heterocycles. The second-order valence-electron chi connectivity index (χ2n) is 4.19. The van der Waals surface area contributed by atoms with E-state index in [4.69, 9.17) is 9.15 Å². The molecule has 1 saturated heterocycles. The van der Waals surface area contributed by atoms with Crippen LogP contribution < -0.4 is 5.32 Å². The molecule has 1 aromatic heterocycles. The molecule has 0 aliphatic carbocycles. The number of hydrogen-bond donors (Lipinski definition) is 1. The first-order valence-corrected chi connectivity index (χ1v) is 5.30. The molecule has 0 amide bonds. The predicted molar refractivity (Wildman–Crippen MR) is 52.1 cm³/mol. The van der Waals surface area contributed by atoms with Crippen molar-refractivity contribution in [3.05, 3.63) is 23.7 Å². The minimum Gasteiger partial charge on any atom is -0.467 e. The molecule has 76 valence electrons. The topological polar surface area (TPSA) is 34.4 Å². The highest BCUT2D eigenvalue weighted by atomic mass is 16.5. The Morgan fingerprint density at radius 1 is 1.43 bits per heavy atom. The first-order chi connectivity index (χ1) is 6.91. The lowest BCUT2D eigenvalue weighted by atomic mass is 9.84. The maximum atomic E-state index is 5.61. The van der Waals surface area contributed by atoms with Gasteiger partial charge in [0.25, 0.3) is 0 Å². The van der Waals surface area contributed by atoms with Crippen LogP contribution in [0.2, 0.25) is 0 Å². The smallest absolute Gasteiger partial charge is 0.129 e. The second-order valence-corrected chi connectivity index (χ2v) is 4.19. The monoisotopic (exact) mass is 193 g/mol. The molecule has 3 rings (SSSR count). The molecule has 3 heterocycles. The van der Waals surface area contributed by atoms with Crippen LogP contribution in [0.1, 0.15) is 24.2 Å². The van der Waals surface area contributed by atoms with Crippen molar-refractivity contribution >= 4 is 0 Å². The first-order valence-electron chi connectivity index (χ1n) is 5.30. The maximum absolute atomic E-state index is 5.61. The van der Waals surface area contributed by atoms with Crippen LogP contribution in [0, 0.1) is 0 Å². The van der Waals surface area contributed by atoms with Crippen LogP contribution in [0.5, 0.6) is 0 Å². The van der Waals surface area contributed by atoms with Gasteiger partial charge in [-0.3, -0.25) is 0 Å². The van der Waals surface area contributed by atoms with E-state index in [-0.39, 0.29) is 5.54 Å². The third-order valence-corrected chi connectivity index (χ3v) is 3.28. The summed E-state index contributed by atoms with van der Waals surface area (Å²) in [6.07, 6.45) is 5.13. The van der Waals surface area contributed by atoms with E-state index < -0.39 is 0 Å². The molecule has 1 atom stereocenters. The lowest BCUT2D eigenvalue weighted by Crippen LogP contribution is -2.52. The Kier molecular flexibility index (Phi) is 1.89. The van der Waals surface area contributed by atoms with Crippen LogP contribution in [-0.2, 0) is 16.7 Å². The summed E-state index contributed by atoms with van der Waals surface area (Å²) in [5.74, 6) is 1.11. The maximum Gasteiger partial charge on any atom is 0.129 e. The van der Waals surface area contributed by atoms with E-state index in [1.54, 1.807) is 6.26 Å². The highest BCUT2D eigenvalue weighted by molar-refractivity contribution is 5.28. The van der Waals surface area contributed by atoms with Gasteiger partial charge in [-0.15, -0.1) is 0 Å². The standard InChI is InChI=1S/C11H15NO2/c1-4-11(8-13-6-1)10-9(2-5-12-11)3-7-14-10/h3,7,12H,1-2,4-6,8H2. The van der Waals surface area contributed by atoms with Crippen molar-refractivity contribution in [2.45, 2.75) is 24.8 Å². The number of rotatable bonds is 0. The van der Waals surface area contributed by atoms with Gasteiger partial charge in [0.2, 0.25) is 0 Å². The molecular weight excluding hydrogens is 178 g/mol. The second kappa shape index (κ2) is 3.11. The average Bonchev–Trinajstić information content (AvgIpc) is 2.69. The van der Waals surface area contributed by atoms with Crippen molar-refractivity contribution < 1.29 is 9.15 Å². The number of fused-ring (bicyclic) bond motifs is 2. The van der Waals surface area contributed by atoms with E-state index in [9.17, 15) is 0 Å². The third-order valence-electron chi connectivity index (χ3n) is 3.28. The summed E-state index contributed by atoms with van der Waals surface area (Å²) in [4.78, 5) is 0. The molecule has 1 unspecified atom stereocenters. The van der Waals surface area contributed by atoms with Crippen molar-refractivity contribution in [2.75, 3.05) is 19.8 Å². The first kappa shape index (κ1) is 8.50. The van der Waals surface area contributed by atoms with Gasteiger partial charge in [-0.25, -0.2) is 0 Å². The molecule has 0 radical (unpaired) electrons. The highest BCUT2D eigenvalue weighted by Crippen LogP contribution is 2.35. The van der Waals surface area contributed by atoms with Gasteiger partial charge in [-0.1, -0.05) is 0 Å². The van der Waals surface area contributed by atoms with Gasteiger partial charge in [-0.05, 0) is 30.9 Å². The summed E-state index contributed by atoms with van der Waals surface area (Å²) in [6, 6.07) is 2.09. The molecular formula is C11H15NO2. The summed E-state index contributed by atoms with van der Waals surface area (Å²) >= 11 is 0. The molecule has 0 bridgehead atoms. The minimum absolute atomic E-state index is 0.0185. The van der Waals surface area contributed by atoms with Crippen LogP contribution in [0.15, 0.2) is 16.7 Å². The zero-order valence-corrected chi connectivity index (χ0v) is 8.21. The number of hydrogen-bond acceptors (Lipinski definition) is 3. The zero-order chi connectivity index (χ0) is 9.43. The molecule has 0 saturated carbocycles. The Morgan fingerprint density at radius 2 is 2.43 bits per heavy atom. The zero-order valence-electron chi connectivity index (χ0n) is 8.21. The van der Waals surface area contributed by atoms with Crippen molar-refractivity contribution in [2.24, 2.45) is 0 Å². The number of furan rings is 1. The molecule has 0 aromatic carbocycles. The van der Waals surface area contributed by atoms with Gasteiger partial charge in [0.1, 0.15) is 11.3 Å². The molecule has 3 nitrogen and oxygen atoms in total. The Bertz CT molecular complexity index is 326. The van der Waals surface area contributed by atoms with Gasteiger partial charge in [-0.2, -0.15) is 0 Å². The lowest BCUT2D eigenvalue weighted by Gasteiger charge is -2.39. The van der Waals surface area contributed by atoms with Crippen molar-refractivity contribution in [1.82, 2.24) is 5.32 Å². The van der Waals surface area contributed by atoms with E-state index in [0.29, 0.717) is 0 Å². The Morgan fingerprint density at radius 3 is 3.29 bits per heavy atom. The summed E-state index contributed by atoms with van der Waals surface area (Å²) < 4.78 is 11.2. The van der Waals surface area contributed by atoms with Crippen LogP contribution in [-0.4, -0.2) is 19.8 Å². The quantitative estimate of drug-likeness (QED) is 0.677. The SMILES string of the molecule is c1cc2c(o1)C1(CCCOC1)NCC2. The fourth-order valence-electron chi connectivity index (χ4n) is 2.58. The molecule has 1 aromatic rings. The fraction of sp³-hybridized carbons (Fsp3) is 0.636. The molecule has 3 heteroatoms. The minimum atomic E-state index is -0.0185. The summed E-state index contributed by atoms with van der Waals surface area (Å²) in [5.41, 5.74) is 1.34. The van der Waals surface area contributed by atoms with E-state index in [0.717, 1.165) is 44.8 Å². The van der Waals surface area contributed by atoms with Crippen molar-refractivity contribution in [3.8, 4) is 0 Å². The third kappa shape index (κ3) is 1.12. The Hall–Kier alpha value is -0.800. The predicted octanol–water partition coefficient (Wildman–Crippen LogP) is 1.43. The summed E-state index contributed by atoms with van der Waals surface area (Å²) in [5, 5.41) is 3.56. The van der Waals surface area contributed by atoms with E-state index in [1.165, 1.54) is 5.56 Å². The van der Waals surface area contributed by atoms with Gasteiger partial charge in [0.15, 0.2) is 0 Å². The van der Waals surface area contributed by atoms with E-state index in [1.807, 2.05) is 0 Å². The van der Waals surface area contributed by atoms with Gasteiger partial charge >= 0.3 is 0 Å². The van der Waals surface area contributed by atoms with Crippen LogP contribution >= 0.6 is 0 Å². The number of ether oxygens (including phenoxy) is 1. The van der Waals surface area contributed by atoms with Crippen LogP contribution in [0.3, 0.4) is 0 Å². The molecule has 14 heavy (non-hydrogen) atoms. The molecule has 1 fully saturated rings. The summed E-state index contributed by atoms with van der Waals surface area (Å²) in [6.45, 7) is 2.68. The lowest BCUT2D eigenvalue weighted by molar-refractivity contribution is 0.00466. The molecule has 1 N–H and O–H groups in total. The Labute approximate surface area is 83.4 Å². The van der Waals surface area contributed by atoms with Crippen molar-refractivity contribution in [1.29, 1.82) is 0 Å². The molecule has 2 aliphatic rings. The summed E-state index contributed by atoms with van der Waals surface area (Å²) in [7, 11) is 0. The largest absolute Gasteiger partial charge is 0.467 e. The van der Waals surface area contributed by atoms with Crippen molar-refractivity contribution in [3.63, 3.8) is 0 Å². The highest BCUT2D eigenvalue weighted by Gasteiger charge is 2.40. The number of nitrogens with one attached hydrogen (secondary N) is 1. The van der Waals surface area contributed by atoms with E-state index >= 15 is 0 Å². The van der Waals surface area contributed by atoms with Crippen LogP contribution in [0.4, 0.5) is 0 Å². The fourth-order valence-corrected chi connectivity index (χ4v) is 2.58. The average molecular weight is 193 g/mol. The Balaban J connectivity index is 2.01. The molecule has 1 spiro atoms. The van der Waals surface area contributed by atoms with E-state index in [2.05, 4.69) is 11.4 Å². The van der Waals surface area contributed by atoms with Gasteiger partial charge in [0.05, 0.1) is 12.9 Å². The van der Waals surface area contributed by atoms with Gasteiger partial charge in [0, 0.05) is 13.2 Å². The normalized spacial score (nSPS) is 31.7. The van der Waals surface area contributed by atoms with Gasteiger partial charge < -0.3 is 14.5 Å².